The summed E-state index contributed by atoms with van der Waals surface area (Å²) in [7, 11) is 0. The van der Waals surface area contributed by atoms with Crippen LogP contribution in [0.25, 0.3) is 10.8 Å². The topological polar surface area (TPSA) is 105 Å². The molecule has 0 aliphatic rings. The molecule has 0 saturated heterocycles. The van der Waals surface area contributed by atoms with Gasteiger partial charge in [0.25, 0.3) is 0 Å². The number of rotatable bonds is 33. The first kappa shape index (κ1) is 45.8. The molecule has 288 valence electrons. The summed E-state index contributed by atoms with van der Waals surface area (Å²) in [5, 5.41) is 6.47. The Morgan fingerprint density at radius 2 is 0.840 bits per heavy atom. The summed E-state index contributed by atoms with van der Waals surface area (Å²) in [5.74, 6) is 0. The van der Waals surface area contributed by atoms with Crippen molar-refractivity contribution in [1.82, 2.24) is 0 Å². The molecule has 0 amide bonds. The minimum Gasteiger partial charge on any atom is -0.396 e. The average Bonchev–Trinajstić information content (AvgIpc) is 3.12. The maximum absolute atomic E-state index is 5.60. The lowest BCUT2D eigenvalue weighted by atomic mass is 9.93. The van der Waals surface area contributed by atoms with E-state index in [0.717, 1.165) is 31.4 Å². The molecule has 0 N–H and O–H groups in total. The summed E-state index contributed by atoms with van der Waals surface area (Å²) < 4.78 is 49.7. The normalized spacial score (nSPS) is 11.7. The maximum Gasteiger partial charge on any atom is 0.117 e. The lowest BCUT2D eigenvalue weighted by Crippen LogP contribution is -2.15. The summed E-state index contributed by atoms with van der Waals surface area (Å²) in [4.78, 5) is 5.36. The van der Waals surface area contributed by atoms with Gasteiger partial charge in [-0.25, -0.2) is 0 Å². The summed E-state index contributed by atoms with van der Waals surface area (Å²) >= 11 is 0. The van der Waals surface area contributed by atoms with Crippen LogP contribution < -0.4 is 0 Å². The number of nitrogens with zero attached hydrogens (tertiary/aromatic N) is 1. The molecule has 0 aliphatic heterocycles. The van der Waals surface area contributed by atoms with Gasteiger partial charge in [0.15, 0.2) is 0 Å². The highest BCUT2D eigenvalue weighted by molar-refractivity contribution is 5.90. The first-order valence-corrected chi connectivity index (χ1v) is 18.4. The van der Waals surface area contributed by atoms with Gasteiger partial charge < -0.3 is 47.5 Å². The Labute approximate surface area is 302 Å². The second kappa shape index (κ2) is 33.9. The number of hydrogen-bond donors (Lipinski definition) is 0. The first-order valence-electron chi connectivity index (χ1n) is 18.4. The molecule has 0 aliphatic carbocycles. The van der Waals surface area contributed by atoms with Crippen molar-refractivity contribution in [3.05, 3.63) is 48.0 Å². The van der Waals surface area contributed by atoms with Crippen molar-refractivity contribution in [2.75, 3.05) is 126 Å². The van der Waals surface area contributed by atoms with Gasteiger partial charge in [0, 0.05) is 13.2 Å². The third-order valence-electron chi connectivity index (χ3n) is 6.80. The SMILES string of the molecule is CC.CC(C)(C)CCOCCOCCOCCOCCOCCOCCOCCOCCOCCCCO/N=C/c1ccc2ccccc2c1. The Morgan fingerprint density at radius 1 is 0.460 bits per heavy atom. The van der Waals surface area contributed by atoms with E-state index in [0.29, 0.717) is 124 Å². The van der Waals surface area contributed by atoms with Crippen LogP contribution in [0.2, 0.25) is 0 Å². The van der Waals surface area contributed by atoms with E-state index in [2.05, 4.69) is 50.2 Å². The van der Waals surface area contributed by atoms with Crippen molar-refractivity contribution in [3.8, 4) is 0 Å². The van der Waals surface area contributed by atoms with E-state index in [1.165, 1.54) is 10.8 Å². The minimum absolute atomic E-state index is 0.305. The highest BCUT2D eigenvalue weighted by Crippen LogP contribution is 2.17. The van der Waals surface area contributed by atoms with Gasteiger partial charge in [0.05, 0.1) is 112 Å². The highest BCUT2D eigenvalue weighted by atomic mass is 16.6. The molecule has 0 fully saturated rings. The monoisotopic (exact) mass is 709 g/mol. The highest BCUT2D eigenvalue weighted by Gasteiger charge is 2.09. The van der Waals surface area contributed by atoms with Gasteiger partial charge in [-0.1, -0.05) is 76.2 Å². The summed E-state index contributed by atoms with van der Waals surface area (Å²) in [6.45, 7) is 21.3. The molecule has 0 unspecified atom stereocenters. The lowest BCUT2D eigenvalue weighted by Gasteiger charge is -2.17. The van der Waals surface area contributed by atoms with E-state index in [-0.39, 0.29) is 0 Å². The van der Waals surface area contributed by atoms with Crippen LogP contribution in [-0.4, -0.2) is 132 Å². The van der Waals surface area contributed by atoms with Gasteiger partial charge in [0.1, 0.15) is 6.61 Å². The third kappa shape index (κ3) is 29.5. The summed E-state index contributed by atoms with van der Waals surface area (Å²) in [5.41, 5.74) is 1.33. The van der Waals surface area contributed by atoms with Gasteiger partial charge in [0.2, 0.25) is 0 Å². The van der Waals surface area contributed by atoms with Crippen molar-refractivity contribution in [2.24, 2.45) is 10.6 Å². The summed E-state index contributed by atoms with van der Waals surface area (Å²) in [6.07, 6.45) is 4.59. The number of oxime groups is 1. The Morgan fingerprint density at radius 3 is 1.28 bits per heavy atom. The number of benzene rings is 2. The zero-order chi connectivity index (χ0) is 36.2. The third-order valence-corrected chi connectivity index (χ3v) is 6.80. The largest absolute Gasteiger partial charge is 0.396 e. The van der Waals surface area contributed by atoms with E-state index < -0.39 is 0 Å². The van der Waals surface area contributed by atoms with Crippen LogP contribution in [-0.2, 0) is 47.5 Å². The molecule has 11 nitrogen and oxygen atoms in total. The van der Waals surface area contributed by atoms with E-state index in [1.807, 2.05) is 32.0 Å². The smallest absolute Gasteiger partial charge is 0.117 e. The molecule has 0 spiro atoms. The zero-order valence-electron chi connectivity index (χ0n) is 31.7. The van der Waals surface area contributed by atoms with Crippen molar-refractivity contribution in [1.29, 1.82) is 0 Å². The Hall–Kier alpha value is -2.19. The molecule has 11 heteroatoms. The predicted molar refractivity (Wildman–Crippen MR) is 200 cm³/mol. The minimum atomic E-state index is 0.305. The van der Waals surface area contributed by atoms with Crippen LogP contribution in [0.15, 0.2) is 47.6 Å². The van der Waals surface area contributed by atoms with Crippen LogP contribution >= 0.6 is 0 Å². The van der Waals surface area contributed by atoms with Gasteiger partial charge in [-0.2, -0.15) is 0 Å². The molecule has 0 bridgehead atoms. The first-order chi connectivity index (χ1) is 24.5. The van der Waals surface area contributed by atoms with Crippen LogP contribution in [0.3, 0.4) is 0 Å². The fourth-order valence-corrected chi connectivity index (χ4v) is 4.05. The van der Waals surface area contributed by atoms with Crippen molar-refractivity contribution in [2.45, 2.75) is 53.9 Å². The fourth-order valence-electron chi connectivity index (χ4n) is 4.05. The molecule has 2 aromatic carbocycles. The van der Waals surface area contributed by atoms with Crippen LogP contribution in [0, 0.1) is 5.41 Å². The molecule has 2 rings (SSSR count). The molecule has 50 heavy (non-hydrogen) atoms. The molecule has 2 aromatic rings. The van der Waals surface area contributed by atoms with E-state index in [9.17, 15) is 0 Å². The van der Waals surface area contributed by atoms with Gasteiger partial charge in [-0.05, 0) is 47.1 Å². The van der Waals surface area contributed by atoms with E-state index in [4.69, 9.17) is 47.5 Å². The molecule has 0 saturated carbocycles. The molecule has 0 radical (unpaired) electrons. The van der Waals surface area contributed by atoms with Crippen molar-refractivity contribution >= 4 is 17.0 Å². The van der Waals surface area contributed by atoms with E-state index >= 15 is 0 Å². The van der Waals surface area contributed by atoms with Gasteiger partial charge in [-0.3, -0.25) is 0 Å². The van der Waals surface area contributed by atoms with E-state index in [1.54, 1.807) is 6.21 Å². The Bertz CT molecular complexity index is 1030. The van der Waals surface area contributed by atoms with Crippen LogP contribution in [0.4, 0.5) is 0 Å². The standard InChI is InChI=1S/C37H61NO10.C2H6/c1-37(2,3)12-15-40-17-19-42-21-23-44-25-27-46-29-31-47-30-28-45-26-24-43-22-20-41-18-16-39-13-6-7-14-48-38-33-34-10-11-35-8-4-5-9-36(35)32-34;1-2/h4-5,8-11,32-33H,6-7,12-31H2,1-3H3;1-2H3/b38-33+;. The molecule has 0 heterocycles. The van der Waals surface area contributed by atoms with Crippen LogP contribution in [0.5, 0.6) is 0 Å². The van der Waals surface area contributed by atoms with Crippen molar-refractivity contribution in [3.63, 3.8) is 0 Å². The van der Waals surface area contributed by atoms with Crippen LogP contribution in [0.1, 0.15) is 59.4 Å². The zero-order valence-corrected chi connectivity index (χ0v) is 31.7. The molecule has 0 atom stereocenters. The number of fused-ring (bicyclic) bond motifs is 1. The fraction of sp³-hybridized carbons (Fsp3) is 0.718. The lowest BCUT2D eigenvalue weighted by molar-refractivity contribution is -0.0254. The predicted octanol–water partition coefficient (Wildman–Crippen LogP) is 6.58. The number of ether oxygens (including phenoxy) is 9. The molecular weight excluding hydrogens is 642 g/mol. The average molecular weight is 710 g/mol. The summed E-state index contributed by atoms with van der Waals surface area (Å²) in [6, 6.07) is 14.5. The second-order valence-corrected chi connectivity index (χ2v) is 12.2. The number of unbranched alkanes of at least 4 members (excludes halogenated alkanes) is 1. The maximum atomic E-state index is 5.60. The van der Waals surface area contributed by atoms with Gasteiger partial charge >= 0.3 is 0 Å². The molecule has 0 aromatic heterocycles. The Balaban J connectivity index is 0.00000613. The second-order valence-electron chi connectivity index (χ2n) is 12.2. The van der Waals surface area contributed by atoms with Crippen molar-refractivity contribution < 1.29 is 47.5 Å². The number of hydrogen-bond acceptors (Lipinski definition) is 11. The quantitative estimate of drug-likeness (QED) is 0.0459. The Kier molecular flexibility index (Phi) is 31.1. The van der Waals surface area contributed by atoms with Gasteiger partial charge in [-0.15, -0.1) is 0 Å². The molecular formula is C39H67NO10.